The number of rotatable bonds is 4. The van der Waals surface area contributed by atoms with Gasteiger partial charge in [-0.2, -0.15) is 0 Å². The Kier molecular flexibility index (Phi) is 7.46. The van der Waals surface area contributed by atoms with Gasteiger partial charge in [0.05, 0.1) is 22.2 Å². The highest BCUT2D eigenvalue weighted by molar-refractivity contribution is 6.13. The molecule has 0 bridgehead atoms. The molecule has 0 saturated heterocycles. The van der Waals surface area contributed by atoms with E-state index in [0.29, 0.717) is 0 Å². The molecule has 0 radical (unpaired) electrons. The molecule has 0 amide bonds. The fourth-order valence-corrected chi connectivity index (χ4v) is 7.83. The molecule has 0 fully saturated rings. The molecular weight excluding hydrogens is 645 g/mol. The highest BCUT2D eigenvalue weighted by atomic mass is 15.1. The predicted octanol–water partition coefficient (Wildman–Crippen LogP) is 13.0. The van der Waals surface area contributed by atoms with Gasteiger partial charge in [0, 0.05) is 46.2 Å². The third-order valence-corrected chi connectivity index (χ3v) is 10.9. The van der Waals surface area contributed by atoms with Gasteiger partial charge >= 0.3 is 0 Å². The van der Waals surface area contributed by atoms with Crippen molar-refractivity contribution < 1.29 is 0 Å². The van der Waals surface area contributed by atoms with E-state index in [9.17, 15) is 0 Å². The van der Waals surface area contributed by atoms with Crippen LogP contribution in [0.1, 0.15) is 52.7 Å². The van der Waals surface area contributed by atoms with Crippen molar-refractivity contribution in [2.45, 2.75) is 52.4 Å². The molecule has 260 valence electrons. The molecule has 1 N–H and O–H groups in total. The summed E-state index contributed by atoms with van der Waals surface area (Å²) in [5.74, 6) is 0.949. The third-order valence-electron chi connectivity index (χ3n) is 10.9. The molecule has 4 nitrogen and oxygen atoms in total. The molecule has 0 atom stereocenters. The van der Waals surface area contributed by atoms with Crippen LogP contribution in [0.5, 0.6) is 0 Å². The minimum Gasteiger partial charge on any atom is -0.354 e. The van der Waals surface area contributed by atoms with Crippen molar-refractivity contribution in [1.29, 1.82) is 0 Å². The lowest BCUT2D eigenvalue weighted by Gasteiger charge is -2.21. The van der Waals surface area contributed by atoms with Crippen LogP contribution < -0.4 is 0 Å². The van der Waals surface area contributed by atoms with Gasteiger partial charge in [0.15, 0.2) is 0 Å². The molecule has 3 heterocycles. The van der Waals surface area contributed by atoms with Gasteiger partial charge in [0.25, 0.3) is 0 Å². The fraction of sp³-hybridized carbons (Fsp3) is 0.184. The quantitative estimate of drug-likeness (QED) is 0.200. The van der Waals surface area contributed by atoms with Crippen LogP contribution in [0.15, 0.2) is 134 Å². The molecule has 0 saturated carbocycles. The van der Waals surface area contributed by atoms with Gasteiger partial charge in [-0.25, -0.2) is 4.98 Å². The van der Waals surface area contributed by atoms with Crippen LogP contribution >= 0.6 is 0 Å². The first-order valence-electron chi connectivity index (χ1n) is 18.6. The second kappa shape index (κ2) is 12.0. The minimum atomic E-state index is -0.0444. The van der Waals surface area contributed by atoms with Crippen molar-refractivity contribution in [3.8, 4) is 44.9 Å². The fourth-order valence-electron chi connectivity index (χ4n) is 7.83. The van der Waals surface area contributed by atoms with Crippen LogP contribution in [0.3, 0.4) is 0 Å². The molecule has 0 aliphatic rings. The maximum Gasteiger partial charge on any atom is 0.143 e. The number of hydrogen-bond acceptors (Lipinski definition) is 2. The van der Waals surface area contributed by atoms with Crippen molar-refractivity contribution in [2.75, 3.05) is 0 Å². The van der Waals surface area contributed by atoms with Gasteiger partial charge in [0.2, 0.25) is 0 Å². The highest BCUT2D eigenvalue weighted by Gasteiger charge is 2.24. The van der Waals surface area contributed by atoms with E-state index in [0.717, 1.165) is 61.4 Å². The van der Waals surface area contributed by atoms with Crippen molar-refractivity contribution in [3.05, 3.63) is 145 Å². The summed E-state index contributed by atoms with van der Waals surface area (Å²) < 4.78 is 2.26. The normalized spacial score (nSPS) is 12.4. The standard InChI is InChI=1S/C49H44N4/c1-48(2,3)34-20-21-42-39(27-34)40-28-35(49(4,5)6)29-41(45(40)51-42)47-52-46-37(18-13-19-44(46)53(47)7)33-24-32-16-11-12-17-36(32)38(25-33)43-26-31(22-23-50-43)30-14-9-8-10-15-30/h8-29,51H,1-7H3. The van der Waals surface area contributed by atoms with Gasteiger partial charge in [-0.15, -0.1) is 0 Å². The molecule has 0 aliphatic heterocycles. The zero-order chi connectivity index (χ0) is 36.6. The van der Waals surface area contributed by atoms with Gasteiger partial charge in [0.1, 0.15) is 5.82 Å². The molecule has 6 aromatic carbocycles. The van der Waals surface area contributed by atoms with Crippen molar-refractivity contribution in [3.63, 3.8) is 0 Å². The SMILES string of the molecule is Cn1c(-c2cc(C(C)(C)C)cc3c2[nH]c2ccc(C(C)(C)C)cc23)nc2c(-c3cc(-c4cc(-c5ccccc5)ccn4)c4ccccc4c3)cccc21. The largest absolute Gasteiger partial charge is 0.354 e. The van der Waals surface area contributed by atoms with E-state index in [2.05, 4.69) is 186 Å². The number of hydrogen-bond donors (Lipinski definition) is 1. The molecule has 0 spiro atoms. The van der Waals surface area contributed by atoms with E-state index >= 15 is 0 Å². The summed E-state index contributed by atoms with van der Waals surface area (Å²) in [6, 6.07) is 46.2. The molecule has 9 aromatic rings. The maximum atomic E-state index is 5.52. The van der Waals surface area contributed by atoms with Crippen LogP contribution in [-0.4, -0.2) is 19.5 Å². The number of benzene rings is 6. The lowest BCUT2D eigenvalue weighted by atomic mass is 9.84. The molecule has 0 aliphatic carbocycles. The van der Waals surface area contributed by atoms with E-state index in [1.54, 1.807) is 0 Å². The summed E-state index contributed by atoms with van der Waals surface area (Å²) in [5.41, 5.74) is 14.7. The van der Waals surface area contributed by atoms with Crippen LogP contribution in [0.25, 0.3) is 88.5 Å². The summed E-state index contributed by atoms with van der Waals surface area (Å²) in [7, 11) is 2.15. The second-order valence-electron chi connectivity index (χ2n) is 16.5. The second-order valence-corrected chi connectivity index (χ2v) is 16.5. The Hall–Kier alpha value is -6.00. The number of aromatic amines is 1. The minimum absolute atomic E-state index is 0.0444. The first kappa shape index (κ1) is 32.9. The van der Waals surface area contributed by atoms with Crippen LogP contribution in [-0.2, 0) is 17.9 Å². The monoisotopic (exact) mass is 688 g/mol. The van der Waals surface area contributed by atoms with Crippen molar-refractivity contribution in [1.82, 2.24) is 19.5 Å². The van der Waals surface area contributed by atoms with Gasteiger partial charge < -0.3 is 9.55 Å². The Labute approximate surface area is 311 Å². The first-order valence-corrected chi connectivity index (χ1v) is 18.6. The number of aromatic nitrogens is 4. The molecule has 53 heavy (non-hydrogen) atoms. The van der Waals surface area contributed by atoms with Gasteiger partial charge in [-0.05, 0) is 104 Å². The average Bonchev–Trinajstić information content (AvgIpc) is 3.70. The van der Waals surface area contributed by atoms with E-state index in [-0.39, 0.29) is 10.8 Å². The summed E-state index contributed by atoms with van der Waals surface area (Å²) in [5, 5.41) is 4.85. The van der Waals surface area contributed by atoms with E-state index in [1.807, 2.05) is 6.20 Å². The van der Waals surface area contributed by atoms with E-state index in [4.69, 9.17) is 9.97 Å². The summed E-state index contributed by atoms with van der Waals surface area (Å²) >= 11 is 0. The average molecular weight is 689 g/mol. The molecule has 9 rings (SSSR count). The third kappa shape index (κ3) is 5.61. The number of H-pyrrole nitrogens is 1. The molecular formula is C49H44N4. The maximum absolute atomic E-state index is 5.52. The first-order chi connectivity index (χ1) is 25.4. The van der Waals surface area contributed by atoms with Crippen molar-refractivity contribution >= 4 is 43.6 Å². The topological polar surface area (TPSA) is 46.5 Å². The Bertz CT molecular complexity index is 2860. The van der Waals surface area contributed by atoms with Crippen LogP contribution in [0.4, 0.5) is 0 Å². The number of nitrogens with one attached hydrogen (secondary N) is 1. The van der Waals surface area contributed by atoms with Gasteiger partial charge in [-0.3, -0.25) is 4.98 Å². The summed E-state index contributed by atoms with van der Waals surface area (Å²) in [6.07, 6.45) is 1.92. The number of nitrogens with zero attached hydrogens (tertiary/aromatic N) is 3. The smallest absolute Gasteiger partial charge is 0.143 e. The molecule has 4 heteroatoms. The van der Waals surface area contributed by atoms with Crippen LogP contribution in [0, 0.1) is 0 Å². The number of pyridine rings is 1. The van der Waals surface area contributed by atoms with Gasteiger partial charge in [-0.1, -0.05) is 114 Å². The highest BCUT2D eigenvalue weighted by Crippen LogP contribution is 2.42. The van der Waals surface area contributed by atoms with Crippen molar-refractivity contribution in [2.24, 2.45) is 7.05 Å². The lowest BCUT2D eigenvalue weighted by molar-refractivity contribution is 0.590. The predicted molar refractivity (Wildman–Crippen MR) is 225 cm³/mol. The summed E-state index contributed by atoms with van der Waals surface area (Å²) in [6.45, 7) is 13.7. The number of fused-ring (bicyclic) bond motifs is 5. The Balaban J connectivity index is 1.26. The zero-order valence-electron chi connectivity index (χ0n) is 31.5. The Morgan fingerprint density at radius 2 is 1.30 bits per heavy atom. The Morgan fingerprint density at radius 3 is 2.09 bits per heavy atom. The number of imidazole rings is 1. The van der Waals surface area contributed by atoms with Crippen LogP contribution in [0.2, 0.25) is 0 Å². The van der Waals surface area contributed by atoms with E-state index in [1.165, 1.54) is 38.2 Å². The molecule has 0 unspecified atom stereocenters. The zero-order valence-corrected chi connectivity index (χ0v) is 31.5. The Morgan fingerprint density at radius 1 is 0.547 bits per heavy atom. The number of para-hydroxylation sites is 1. The van der Waals surface area contributed by atoms with E-state index < -0.39 is 0 Å². The lowest BCUT2D eigenvalue weighted by Crippen LogP contribution is -2.11. The molecule has 3 aromatic heterocycles. The summed E-state index contributed by atoms with van der Waals surface area (Å²) in [4.78, 5) is 14.3. The number of aryl methyl sites for hydroxylation is 1.